The van der Waals surface area contributed by atoms with E-state index in [0.717, 1.165) is 17.6 Å². The van der Waals surface area contributed by atoms with Crippen LogP contribution in [0.3, 0.4) is 0 Å². The quantitative estimate of drug-likeness (QED) is 0.781. The van der Waals surface area contributed by atoms with Gasteiger partial charge in [-0.3, -0.25) is 9.88 Å². The summed E-state index contributed by atoms with van der Waals surface area (Å²) in [5, 5.41) is 0. The number of likely N-dealkylation sites (tertiary alicyclic amines) is 1. The van der Waals surface area contributed by atoms with E-state index in [1.165, 1.54) is 0 Å². The highest BCUT2D eigenvalue weighted by Gasteiger charge is 2.39. The Morgan fingerprint density at radius 1 is 1.28 bits per heavy atom. The minimum atomic E-state index is -1.22. The van der Waals surface area contributed by atoms with Crippen LogP contribution in [0.25, 0.3) is 0 Å². The molecule has 1 aromatic rings. The summed E-state index contributed by atoms with van der Waals surface area (Å²) in [5.41, 5.74) is -0.402. The van der Waals surface area contributed by atoms with Gasteiger partial charge in [-0.25, -0.2) is 4.39 Å². The fourth-order valence-corrected chi connectivity index (χ4v) is 2.84. The molecule has 1 aromatic heterocycles. The molecule has 0 unspecified atom stereocenters. The van der Waals surface area contributed by atoms with Crippen molar-refractivity contribution in [1.29, 1.82) is 0 Å². The van der Waals surface area contributed by atoms with Gasteiger partial charge in [0.2, 0.25) is 0 Å². The summed E-state index contributed by atoms with van der Waals surface area (Å²) in [7, 11) is 0. The number of alkyl halides is 1. The standard InChI is InChI=1S/C14H20BrFN2/c1-13(2,3)18-6-4-14(16,5-7-18)11-8-12(15)10-17-9-11/h8-10H,4-7H2,1-3H3. The van der Waals surface area contributed by atoms with Crippen LogP contribution in [0.5, 0.6) is 0 Å². The Kier molecular flexibility index (Phi) is 3.79. The molecule has 0 saturated carbocycles. The summed E-state index contributed by atoms with van der Waals surface area (Å²) in [5.74, 6) is 0. The lowest BCUT2D eigenvalue weighted by molar-refractivity contribution is 0.0147. The first-order valence-electron chi connectivity index (χ1n) is 6.36. The molecule has 2 rings (SSSR count). The molecule has 1 aliphatic heterocycles. The average molecular weight is 315 g/mol. The van der Waals surface area contributed by atoms with Gasteiger partial charge in [-0.2, -0.15) is 0 Å². The number of halogens is 2. The minimum Gasteiger partial charge on any atom is -0.298 e. The maximum atomic E-state index is 15.0. The van der Waals surface area contributed by atoms with Gasteiger partial charge in [0.25, 0.3) is 0 Å². The zero-order valence-corrected chi connectivity index (χ0v) is 12.8. The third kappa shape index (κ3) is 2.91. The predicted octanol–water partition coefficient (Wildman–Crippen LogP) is 3.90. The van der Waals surface area contributed by atoms with E-state index >= 15 is 0 Å². The SMILES string of the molecule is CC(C)(C)N1CCC(F)(c2cncc(Br)c2)CC1. The number of aromatic nitrogens is 1. The van der Waals surface area contributed by atoms with Gasteiger partial charge in [0.1, 0.15) is 5.67 Å². The van der Waals surface area contributed by atoms with Crippen LogP contribution < -0.4 is 0 Å². The maximum Gasteiger partial charge on any atom is 0.140 e. The lowest BCUT2D eigenvalue weighted by Gasteiger charge is -2.43. The van der Waals surface area contributed by atoms with E-state index < -0.39 is 5.67 Å². The summed E-state index contributed by atoms with van der Waals surface area (Å²) in [6.45, 7) is 8.13. The summed E-state index contributed by atoms with van der Waals surface area (Å²) >= 11 is 3.36. The third-order valence-corrected chi connectivity index (χ3v) is 4.16. The molecule has 1 fully saturated rings. The molecule has 2 heterocycles. The van der Waals surface area contributed by atoms with Crippen molar-refractivity contribution in [3.05, 3.63) is 28.5 Å². The van der Waals surface area contributed by atoms with E-state index in [0.29, 0.717) is 18.4 Å². The molecule has 0 amide bonds. The number of rotatable bonds is 1. The van der Waals surface area contributed by atoms with Crippen molar-refractivity contribution in [2.75, 3.05) is 13.1 Å². The monoisotopic (exact) mass is 314 g/mol. The highest BCUT2D eigenvalue weighted by atomic mass is 79.9. The van der Waals surface area contributed by atoms with Gasteiger partial charge in [-0.1, -0.05) is 0 Å². The van der Waals surface area contributed by atoms with E-state index in [1.54, 1.807) is 12.4 Å². The smallest absolute Gasteiger partial charge is 0.140 e. The summed E-state index contributed by atoms with van der Waals surface area (Å²) in [6.07, 6.45) is 4.43. The Morgan fingerprint density at radius 2 is 1.89 bits per heavy atom. The summed E-state index contributed by atoms with van der Waals surface area (Å²) in [4.78, 5) is 6.42. The molecule has 1 saturated heterocycles. The number of nitrogens with zero attached hydrogens (tertiary/aromatic N) is 2. The normalized spacial score (nSPS) is 20.9. The fourth-order valence-electron chi connectivity index (χ4n) is 2.48. The van der Waals surface area contributed by atoms with Crippen LogP contribution >= 0.6 is 15.9 Å². The second-order valence-corrected chi connectivity index (χ2v) is 6.93. The first-order chi connectivity index (χ1) is 8.31. The summed E-state index contributed by atoms with van der Waals surface area (Å²) < 4.78 is 15.8. The van der Waals surface area contributed by atoms with Gasteiger partial charge in [0.15, 0.2) is 0 Å². The number of hydrogen-bond donors (Lipinski definition) is 0. The van der Waals surface area contributed by atoms with Gasteiger partial charge in [0.05, 0.1) is 0 Å². The second-order valence-electron chi connectivity index (χ2n) is 6.02. The van der Waals surface area contributed by atoms with Gasteiger partial charge >= 0.3 is 0 Å². The Balaban J connectivity index is 2.12. The summed E-state index contributed by atoms with van der Waals surface area (Å²) in [6, 6.07) is 1.85. The Labute approximate surface area is 117 Å². The third-order valence-electron chi connectivity index (χ3n) is 3.73. The van der Waals surface area contributed by atoms with Crippen LogP contribution in [0.4, 0.5) is 4.39 Å². The highest BCUT2D eigenvalue weighted by molar-refractivity contribution is 9.10. The highest BCUT2D eigenvalue weighted by Crippen LogP contribution is 2.38. The lowest BCUT2D eigenvalue weighted by atomic mass is 9.85. The molecule has 0 atom stereocenters. The van der Waals surface area contributed by atoms with Crippen LogP contribution in [-0.4, -0.2) is 28.5 Å². The van der Waals surface area contributed by atoms with Gasteiger partial charge < -0.3 is 0 Å². The molecule has 100 valence electrons. The first-order valence-corrected chi connectivity index (χ1v) is 7.16. The Hall–Kier alpha value is -0.480. The maximum absolute atomic E-state index is 15.0. The van der Waals surface area contributed by atoms with Crippen LogP contribution in [0.2, 0.25) is 0 Å². The topological polar surface area (TPSA) is 16.1 Å². The molecule has 0 aromatic carbocycles. The van der Waals surface area contributed by atoms with Crippen molar-refractivity contribution < 1.29 is 4.39 Å². The lowest BCUT2D eigenvalue weighted by Crippen LogP contribution is -2.49. The second kappa shape index (κ2) is 4.89. The molecule has 1 aliphatic rings. The van der Waals surface area contributed by atoms with Gasteiger partial charge in [-0.05, 0) is 55.6 Å². The van der Waals surface area contributed by atoms with Crippen LogP contribution in [0.1, 0.15) is 39.2 Å². The minimum absolute atomic E-state index is 0.122. The molecule has 0 spiro atoms. The molecule has 18 heavy (non-hydrogen) atoms. The predicted molar refractivity (Wildman–Crippen MR) is 75.3 cm³/mol. The van der Waals surface area contributed by atoms with Crippen molar-refractivity contribution in [3.8, 4) is 0 Å². The van der Waals surface area contributed by atoms with E-state index in [-0.39, 0.29) is 5.54 Å². The average Bonchev–Trinajstić information content (AvgIpc) is 2.28. The van der Waals surface area contributed by atoms with E-state index in [9.17, 15) is 4.39 Å². The van der Waals surface area contributed by atoms with E-state index in [1.807, 2.05) is 6.07 Å². The van der Waals surface area contributed by atoms with Crippen LogP contribution in [-0.2, 0) is 5.67 Å². The van der Waals surface area contributed by atoms with E-state index in [2.05, 4.69) is 46.6 Å². The van der Waals surface area contributed by atoms with Crippen LogP contribution in [0.15, 0.2) is 22.9 Å². The largest absolute Gasteiger partial charge is 0.298 e. The number of piperidine rings is 1. The van der Waals surface area contributed by atoms with Crippen molar-refractivity contribution in [3.63, 3.8) is 0 Å². The van der Waals surface area contributed by atoms with E-state index in [4.69, 9.17) is 0 Å². The molecule has 0 radical (unpaired) electrons. The van der Waals surface area contributed by atoms with Crippen molar-refractivity contribution in [2.45, 2.75) is 44.8 Å². The molecule has 0 bridgehead atoms. The Morgan fingerprint density at radius 3 is 2.39 bits per heavy atom. The van der Waals surface area contributed by atoms with Crippen LogP contribution in [0, 0.1) is 0 Å². The van der Waals surface area contributed by atoms with Crippen molar-refractivity contribution in [2.24, 2.45) is 0 Å². The molecule has 0 aliphatic carbocycles. The molecular formula is C14H20BrFN2. The fraction of sp³-hybridized carbons (Fsp3) is 0.643. The molecule has 2 nitrogen and oxygen atoms in total. The van der Waals surface area contributed by atoms with Gasteiger partial charge in [0, 0.05) is 41.1 Å². The zero-order valence-electron chi connectivity index (χ0n) is 11.2. The van der Waals surface area contributed by atoms with Crippen molar-refractivity contribution >= 4 is 15.9 Å². The van der Waals surface area contributed by atoms with Gasteiger partial charge in [-0.15, -0.1) is 0 Å². The zero-order chi connectivity index (χ0) is 13.4. The molecule has 4 heteroatoms. The first kappa shape index (κ1) is 13.9. The Bertz CT molecular complexity index is 420. The molecule has 0 N–H and O–H groups in total. The molecular weight excluding hydrogens is 295 g/mol. The van der Waals surface area contributed by atoms with Crippen molar-refractivity contribution in [1.82, 2.24) is 9.88 Å². The number of pyridine rings is 1. The number of hydrogen-bond acceptors (Lipinski definition) is 2.